The number of carbonyl (C=O) groups excluding carboxylic acids is 1. The summed E-state index contributed by atoms with van der Waals surface area (Å²) < 4.78 is 46.0. The van der Waals surface area contributed by atoms with Gasteiger partial charge in [0.15, 0.2) is 0 Å². The Labute approximate surface area is 150 Å². The van der Waals surface area contributed by atoms with Crippen LogP contribution in [-0.4, -0.2) is 46.9 Å². The maximum atomic E-state index is 13.6. The van der Waals surface area contributed by atoms with Crippen molar-refractivity contribution in [1.29, 1.82) is 0 Å². The summed E-state index contributed by atoms with van der Waals surface area (Å²) in [6, 6.07) is 0.523. The molecule has 1 amide bonds. The first-order chi connectivity index (χ1) is 12.0. The number of pyridine rings is 1. The fraction of sp³-hybridized carbons (Fsp3) is 0.625. The first-order valence-corrected chi connectivity index (χ1v) is 8.22. The summed E-state index contributed by atoms with van der Waals surface area (Å²) in [5.74, 6) is 5.47. The van der Waals surface area contributed by atoms with Gasteiger partial charge in [0.1, 0.15) is 17.5 Å². The lowest BCUT2D eigenvalue weighted by Gasteiger charge is -2.30. The van der Waals surface area contributed by atoms with Crippen LogP contribution in [0.3, 0.4) is 0 Å². The molecular formula is C16H24F3N5O2. The molecule has 0 unspecified atom stereocenters. The van der Waals surface area contributed by atoms with Crippen molar-refractivity contribution in [3.63, 3.8) is 0 Å². The molecule has 0 radical (unpaired) electrons. The number of hydrogen-bond donors (Lipinski definition) is 3. The lowest BCUT2D eigenvalue weighted by atomic mass is 10.1. The number of rotatable bonds is 4. The lowest BCUT2D eigenvalue weighted by molar-refractivity contribution is -0.183. The molecule has 2 heterocycles. The summed E-state index contributed by atoms with van der Waals surface area (Å²) in [5.41, 5.74) is 1.64. The van der Waals surface area contributed by atoms with Crippen molar-refractivity contribution in [2.75, 3.05) is 18.5 Å². The first kappa shape index (κ1) is 20.2. The van der Waals surface area contributed by atoms with Gasteiger partial charge in [0.2, 0.25) is 0 Å². The van der Waals surface area contributed by atoms with Crippen LogP contribution >= 0.6 is 0 Å². The Hall–Kier alpha value is -2.07. The number of nitrogens with two attached hydrogens (primary N) is 1. The molecule has 0 aliphatic carbocycles. The molecule has 2 rings (SSSR count). The Morgan fingerprint density at radius 2 is 2.08 bits per heavy atom. The van der Waals surface area contributed by atoms with Gasteiger partial charge < -0.3 is 15.5 Å². The molecule has 0 saturated carbocycles. The lowest BCUT2D eigenvalue weighted by Crippen LogP contribution is -2.42. The van der Waals surface area contributed by atoms with Gasteiger partial charge >= 0.3 is 12.3 Å². The smallest absolute Gasteiger partial charge is 0.408 e. The second kappa shape index (κ2) is 7.67. The molecule has 7 nitrogen and oxygen atoms in total. The molecule has 0 aromatic carbocycles. The molecule has 4 N–H and O–H groups in total. The third-order valence-electron chi connectivity index (χ3n) is 3.87. The van der Waals surface area contributed by atoms with E-state index in [0.717, 1.165) is 6.20 Å². The van der Waals surface area contributed by atoms with Gasteiger partial charge in [-0.05, 0) is 38.8 Å². The van der Waals surface area contributed by atoms with Crippen LogP contribution in [-0.2, 0) is 4.74 Å². The second-order valence-corrected chi connectivity index (χ2v) is 7.19. The van der Waals surface area contributed by atoms with Crippen molar-refractivity contribution in [3.05, 3.63) is 23.9 Å². The van der Waals surface area contributed by atoms with Gasteiger partial charge in [-0.1, -0.05) is 6.07 Å². The number of likely N-dealkylation sites (tertiary alicyclic amines) is 1. The summed E-state index contributed by atoms with van der Waals surface area (Å²) >= 11 is 0. The number of aromatic nitrogens is 1. The summed E-state index contributed by atoms with van der Waals surface area (Å²) in [4.78, 5) is 17.0. The van der Waals surface area contributed by atoms with E-state index in [1.807, 2.05) is 0 Å². The number of hydrazine groups is 1. The van der Waals surface area contributed by atoms with Crippen molar-refractivity contribution in [3.8, 4) is 0 Å². The summed E-state index contributed by atoms with van der Waals surface area (Å²) in [6.45, 7) is 5.43. The van der Waals surface area contributed by atoms with E-state index < -0.39 is 30.0 Å². The number of nitrogen functional groups attached to an aromatic ring is 1. The SMILES string of the molecule is CC(C)(C)OC(=O)N[C@H]1CCN([C@@H](c2ccc(NN)nc2)C(F)(F)F)C1. The molecular weight excluding hydrogens is 351 g/mol. The number of carbonyl (C=O) groups is 1. The number of nitrogens with zero attached hydrogens (tertiary/aromatic N) is 2. The number of alkyl carbamates (subject to hydrolysis) is 1. The van der Waals surface area contributed by atoms with Gasteiger partial charge in [-0.2, -0.15) is 13.2 Å². The number of halogens is 3. The highest BCUT2D eigenvalue weighted by atomic mass is 19.4. The van der Waals surface area contributed by atoms with Crippen molar-refractivity contribution < 1.29 is 22.7 Å². The maximum Gasteiger partial charge on any atom is 0.408 e. The molecule has 1 aromatic heterocycles. The maximum absolute atomic E-state index is 13.6. The zero-order chi connectivity index (χ0) is 19.5. The highest BCUT2D eigenvalue weighted by molar-refractivity contribution is 5.68. The van der Waals surface area contributed by atoms with Crippen molar-refractivity contribution in [2.45, 2.75) is 51.1 Å². The molecule has 0 bridgehead atoms. The zero-order valence-electron chi connectivity index (χ0n) is 14.9. The largest absolute Gasteiger partial charge is 0.444 e. The molecule has 2 atom stereocenters. The van der Waals surface area contributed by atoms with Gasteiger partial charge in [-0.15, -0.1) is 0 Å². The van der Waals surface area contributed by atoms with Crippen LogP contribution in [0.15, 0.2) is 18.3 Å². The summed E-state index contributed by atoms with van der Waals surface area (Å²) in [7, 11) is 0. The van der Waals surface area contributed by atoms with Crippen molar-refractivity contribution >= 4 is 11.9 Å². The van der Waals surface area contributed by atoms with Crippen molar-refractivity contribution in [1.82, 2.24) is 15.2 Å². The van der Waals surface area contributed by atoms with Gasteiger partial charge in [-0.3, -0.25) is 4.90 Å². The molecule has 26 heavy (non-hydrogen) atoms. The number of anilines is 1. The third-order valence-corrected chi connectivity index (χ3v) is 3.87. The van der Waals surface area contributed by atoms with Gasteiger partial charge in [-0.25, -0.2) is 15.6 Å². The zero-order valence-corrected chi connectivity index (χ0v) is 14.9. The molecule has 1 aliphatic rings. The van der Waals surface area contributed by atoms with Gasteiger partial charge in [0.25, 0.3) is 0 Å². The molecule has 10 heteroatoms. The van der Waals surface area contributed by atoms with Crippen LogP contribution in [0.1, 0.15) is 38.8 Å². The quantitative estimate of drug-likeness (QED) is 0.553. The Morgan fingerprint density at radius 1 is 1.38 bits per heavy atom. The predicted molar refractivity (Wildman–Crippen MR) is 90.2 cm³/mol. The Morgan fingerprint density at radius 3 is 2.58 bits per heavy atom. The van der Waals surface area contributed by atoms with E-state index in [1.165, 1.54) is 17.0 Å². The summed E-state index contributed by atoms with van der Waals surface area (Å²) in [6.07, 6.45) is -3.54. The normalized spacial score (nSPS) is 19.9. The van der Waals surface area contributed by atoms with Crippen LogP contribution < -0.4 is 16.6 Å². The fourth-order valence-corrected chi connectivity index (χ4v) is 2.87. The number of amides is 1. The molecule has 1 aliphatic heterocycles. The third kappa shape index (κ3) is 5.46. The van der Waals surface area contributed by atoms with E-state index in [1.54, 1.807) is 20.8 Å². The van der Waals surface area contributed by atoms with E-state index in [9.17, 15) is 18.0 Å². The molecule has 0 spiro atoms. The number of nitrogens with one attached hydrogen (secondary N) is 2. The average Bonchev–Trinajstić information content (AvgIpc) is 2.92. The molecule has 146 valence electrons. The van der Waals surface area contributed by atoms with Crippen LogP contribution in [0, 0.1) is 0 Å². The monoisotopic (exact) mass is 375 g/mol. The van der Waals surface area contributed by atoms with E-state index in [2.05, 4.69) is 15.7 Å². The first-order valence-electron chi connectivity index (χ1n) is 8.22. The molecule has 1 aromatic rings. The second-order valence-electron chi connectivity index (χ2n) is 7.19. The van der Waals surface area contributed by atoms with E-state index in [-0.39, 0.29) is 24.5 Å². The van der Waals surface area contributed by atoms with Crippen LogP contribution in [0.4, 0.5) is 23.8 Å². The summed E-state index contributed by atoms with van der Waals surface area (Å²) in [5, 5.41) is 2.63. The minimum absolute atomic E-state index is 0.0226. The highest BCUT2D eigenvalue weighted by Gasteiger charge is 2.47. The Bertz CT molecular complexity index is 616. The van der Waals surface area contributed by atoms with Crippen molar-refractivity contribution in [2.24, 2.45) is 5.84 Å². The van der Waals surface area contributed by atoms with E-state index in [4.69, 9.17) is 10.6 Å². The number of alkyl halides is 3. The Kier molecular flexibility index (Phi) is 5.97. The minimum atomic E-state index is -4.47. The fourth-order valence-electron chi connectivity index (χ4n) is 2.87. The average molecular weight is 375 g/mol. The number of ether oxygens (including phenoxy) is 1. The topological polar surface area (TPSA) is 92.5 Å². The molecule has 1 fully saturated rings. The van der Waals surface area contributed by atoms with Crippen LogP contribution in [0.25, 0.3) is 0 Å². The van der Waals surface area contributed by atoms with Crippen LogP contribution in [0.2, 0.25) is 0 Å². The highest BCUT2D eigenvalue weighted by Crippen LogP contribution is 2.39. The van der Waals surface area contributed by atoms with E-state index in [0.29, 0.717) is 6.42 Å². The van der Waals surface area contributed by atoms with Crippen LogP contribution in [0.5, 0.6) is 0 Å². The van der Waals surface area contributed by atoms with Gasteiger partial charge in [0, 0.05) is 25.3 Å². The Balaban J connectivity index is 2.07. The van der Waals surface area contributed by atoms with Gasteiger partial charge in [0.05, 0.1) is 0 Å². The predicted octanol–water partition coefficient (Wildman–Crippen LogP) is 2.57. The number of hydrogen-bond acceptors (Lipinski definition) is 6. The minimum Gasteiger partial charge on any atom is -0.444 e. The van der Waals surface area contributed by atoms with E-state index >= 15 is 0 Å². The molecule has 1 saturated heterocycles. The standard InChI is InChI=1S/C16H24F3N5O2/c1-15(2,3)26-14(25)22-11-6-7-24(9-11)13(16(17,18)19)10-4-5-12(23-20)21-8-10/h4-5,8,11,13H,6-7,9,20H2,1-3H3,(H,21,23)(H,22,25)/t11-,13-/m0/s1.